The van der Waals surface area contributed by atoms with Gasteiger partial charge in [-0.2, -0.15) is 0 Å². The Morgan fingerprint density at radius 3 is 2.62 bits per heavy atom. The van der Waals surface area contributed by atoms with Crippen molar-refractivity contribution < 1.29 is 9.52 Å². The van der Waals surface area contributed by atoms with Gasteiger partial charge in [-0.05, 0) is 38.5 Å². The summed E-state index contributed by atoms with van der Waals surface area (Å²) in [5.74, 6) is 2.64. The SMILES string of the molecule is Cc1nnc(CN=C(NCC(C)(O)c2ccco2)NC(C)c2ccccc2)n1C. The molecule has 0 fully saturated rings. The molecule has 29 heavy (non-hydrogen) atoms. The van der Waals surface area contributed by atoms with Gasteiger partial charge in [-0.15, -0.1) is 10.2 Å². The van der Waals surface area contributed by atoms with Crippen LogP contribution in [-0.2, 0) is 19.2 Å². The van der Waals surface area contributed by atoms with E-state index >= 15 is 0 Å². The first kappa shape index (κ1) is 20.6. The average Bonchev–Trinajstić information content (AvgIpc) is 3.37. The highest BCUT2D eigenvalue weighted by Crippen LogP contribution is 2.20. The number of furan rings is 1. The Balaban J connectivity index is 1.75. The molecule has 8 nitrogen and oxygen atoms in total. The van der Waals surface area contributed by atoms with Crippen LogP contribution in [0.3, 0.4) is 0 Å². The third-order valence-corrected chi connectivity index (χ3v) is 4.87. The van der Waals surface area contributed by atoms with E-state index in [1.54, 1.807) is 25.3 Å². The lowest BCUT2D eigenvalue weighted by atomic mass is 10.0. The number of aliphatic hydroxyl groups is 1. The van der Waals surface area contributed by atoms with E-state index < -0.39 is 5.60 Å². The van der Waals surface area contributed by atoms with Crippen LogP contribution in [0.5, 0.6) is 0 Å². The summed E-state index contributed by atoms with van der Waals surface area (Å²) in [7, 11) is 1.91. The van der Waals surface area contributed by atoms with Crippen LogP contribution < -0.4 is 10.6 Å². The fourth-order valence-corrected chi connectivity index (χ4v) is 2.85. The number of hydrogen-bond acceptors (Lipinski definition) is 5. The second-order valence-corrected chi connectivity index (χ2v) is 7.27. The van der Waals surface area contributed by atoms with Gasteiger partial charge in [0.1, 0.15) is 23.7 Å². The van der Waals surface area contributed by atoms with E-state index in [4.69, 9.17) is 4.42 Å². The quantitative estimate of drug-likeness (QED) is 0.419. The summed E-state index contributed by atoms with van der Waals surface area (Å²) in [6.45, 7) is 6.24. The van der Waals surface area contributed by atoms with Crippen LogP contribution >= 0.6 is 0 Å². The molecular weight excluding hydrogens is 368 g/mol. The molecule has 2 unspecified atom stereocenters. The van der Waals surface area contributed by atoms with Gasteiger partial charge >= 0.3 is 0 Å². The first-order valence-electron chi connectivity index (χ1n) is 9.58. The molecule has 2 atom stereocenters. The van der Waals surface area contributed by atoms with Gasteiger partial charge in [0.05, 0.1) is 18.8 Å². The van der Waals surface area contributed by atoms with Crippen molar-refractivity contribution in [3.63, 3.8) is 0 Å². The Bertz CT molecular complexity index is 932. The monoisotopic (exact) mass is 396 g/mol. The number of aliphatic imine (C=N–C) groups is 1. The molecule has 0 radical (unpaired) electrons. The zero-order valence-electron chi connectivity index (χ0n) is 17.3. The maximum Gasteiger partial charge on any atom is 0.192 e. The van der Waals surface area contributed by atoms with Crippen LogP contribution in [0.25, 0.3) is 0 Å². The van der Waals surface area contributed by atoms with E-state index in [2.05, 4.69) is 44.9 Å². The van der Waals surface area contributed by atoms with Gasteiger partial charge in [0.15, 0.2) is 11.8 Å². The van der Waals surface area contributed by atoms with Crippen LogP contribution in [0.1, 0.15) is 42.9 Å². The van der Waals surface area contributed by atoms with Crippen molar-refractivity contribution in [2.45, 2.75) is 39.0 Å². The van der Waals surface area contributed by atoms with Crippen LogP contribution in [0, 0.1) is 6.92 Å². The molecule has 0 aliphatic carbocycles. The van der Waals surface area contributed by atoms with Gasteiger partial charge in [-0.25, -0.2) is 4.99 Å². The smallest absolute Gasteiger partial charge is 0.192 e. The van der Waals surface area contributed by atoms with E-state index in [-0.39, 0.29) is 12.6 Å². The van der Waals surface area contributed by atoms with Crippen molar-refractivity contribution in [1.82, 2.24) is 25.4 Å². The number of rotatable bonds is 7. The number of nitrogens with one attached hydrogen (secondary N) is 2. The van der Waals surface area contributed by atoms with Gasteiger partial charge in [0.2, 0.25) is 0 Å². The molecule has 3 rings (SSSR count). The molecule has 0 spiro atoms. The number of nitrogens with zero attached hydrogens (tertiary/aromatic N) is 4. The molecule has 0 saturated heterocycles. The number of guanidine groups is 1. The summed E-state index contributed by atoms with van der Waals surface area (Å²) in [6, 6.07) is 13.6. The highest BCUT2D eigenvalue weighted by Gasteiger charge is 2.26. The highest BCUT2D eigenvalue weighted by atomic mass is 16.4. The zero-order chi connectivity index (χ0) is 20.9. The minimum atomic E-state index is -1.18. The van der Waals surface area contributed by atoms with E-state index in [9.17, 15) is 5.11 Å². The van der Waals surface area contributed by atoms with Gasteiger partial charge in [0, 0.05) is 7.05 Å². The van der Waals surface area contributed by atoms with Crippen molar-refractivity contribution in [2.24, 2.45) is 12.0 Å². The number of benzene rings is 1. The molecule has 8 heteroatoms. The Labute approximate surface area is 170 Å². The van der Waals surface area contributed by atoms with E-state index in [0.717, 1.165) is 17.2 Å². The predicted octanol–water partition coefficient (Wildman–Crippen LogP) is 2.42. The summed E-state index contributed by atoms with van der Waals surface area (Å²) in [4.78, 5) is 4.65. The van der Waals surface area contributed by atoms with Crippen LogP contribution in [0.4, 0.5) is 0 Å². The Morgan fingerprint density at radius 1 is 1.24 bits per heavy atom. The molecule has 0 amide bonds. The molecular formula is C21H28N6O2. The van der Waals surface area contributed by atoms with E-state index in [0.29, 0.717) is 18.3 Å². The molecule has 0 bridgehead atoms. The highest BCUT2D eigenvalue weighted by molar-refractivity contribution is 5.80. The summed E-state index contributed by atoms with van der Waals surface area (Å²) in [6.07, 6.45) is 1.55. The minimum absolute atomic E-state index is 0.0252. The van der Waals surface area contributed by atoms with Crippen molar-refractivity contribution in [1.29, 1.82) is 0 Å². The summed E-state index contributed by atoms with van der Waals surface area (Å²) in [5.41, 5.74) is -0.0437. The van der Waals surface area contributed by atoms with Gasteiger partial charge in [-0.1, -0.05) is 30.3 Å². The van der Waals surface area contributed by atoms with Crippen molar-refractivity contribution >= 4 is 5.96 Å². The Morgan fingerprint density at radius 2 is 2.00 bits per heavy atom. The maximum atomic E-state index is 10.7. The topological polar surface area (TPSA) is 100 Å². The first-order chi connectivity index (χ1) is 13.9. The normalized spacial score (nSPS) is 15.0. The van der Waals surface area contributed by atoms with Gasteiger partial charge in [0.25, 0.3) is 0 Å². The Kier molecular flexibility index (Phi) is 6.33. The summed E-state index contributed by atoms with van der Waals surface area (Å²) < 4.78 is 7.26. The fraction of sp³-hybridized carbons (Fsp3) is 0.381. The molecule has 1 aromatic carbocycles. The second-order valence-electron chi connectivity index (χ2n) is 7.27. The van der Waals surface area contributed by atoms with Gasteiger partial charge < -0.3 is 24.7 Å². The standard InChI is InChI=1S/C21H28N6O2/c1-15(17-9-6-5-7-10-17)24-20(22-13-19-26-25-16(2)27(19)4)23-14-21(3,28)18-11-8-12-29-18/h5-12,15,28H,13-14H2,1-4H3,(H2,22,23,24). The molecule has 3 N–H and O–H groups in total. The van der Waals surface area contributed by atoms with Crippen LogP contribution in [0.2, 0.25) is 0 Å². The van der Waals surface area contributed by atoms with E-state index in [1.807, 2.05) is 36.7 Å². The summed E-state index contributed by atoms with van der Waals surface area (Å²) >= 11 is 0. The third kappa shape index (κ3) is 5.23. The fourth-order valence-electron chi connectivity index (χ4n) is 2.85. The molecule has 0 aliphatic rings. The lowest BCUT2D eigenvalue weighted by molar-refractivity contribution is 0.0385. The number of aryl methyl sites for hydroxylation is 1. The molecule has 0 aliphatic heterocycles. The van der Waals surface area contributed by atoms with E-state index in [1.165, 1.54) is 0 Å². The lowest BCUT2D eigenvalue weighted by Gasteiger charge is -2.24. The van der Waals surface area contributed by atoms with Crippen LogP contribution in [0.15, 0.2) is 58.1 Å². The Hall–Kier alpha value is -3.13. The average molecular weight is 396 g/mol. The van der Waals surface area contributed by atoms with Crippen molar-refractivity contribution in [3.05, 3.63) is 71.7 Å². The number of aromatic nitrogens is 3. The third-order valence-electron chi connectivity index (χ3n) is 4.87. The molecule has 154 valence electrons. The second kappa shape index (κ2) is 8.91. The van der Waals surface area contributed by atoms with Crippen LogP contribution in [-0.4, -0.2) is 32.4 Å². The molecule has 0 saturated carbocycles. The largest absolute Gasteiger partial charge is 0.466 e. The van der Waals surface area contributed by atoms with Crippen molar-refractivity contribution in [2.75, 3.05) is 6.54 Å². The van der Waals surface area contributed by atoms with Gasteiger partial charge in [-0.3, -0.25) is 0 Å². The number of hydrogen-bond donors (Lipinski definition) is 3. The minimum Gasteiger partial charge on any atom is -0.466 e. The lowest BCUT2D eigenvalue weighted by Crippen LogP contribution is -2.45. The maximum absolute atomic E-state index is 10.7. The first-order valence-corrected chi connectivity index (χ1v) is 9.58. The van der Waals surface area contributed by atoms with Crippen molar-refractivity contribution in [3.8, 4) is 0 Å². The molecule has 2 heterocycles. The zero-order valence-corrected chi connectivity index (χ0v) is 17.3. The predicted molar refractivity (Wildman–Crippen MR) is 111 cm³/mol. The molecule has 2 aromatic heterocycles. The summed E-state index contributed by atoms with van der Waals surface area (Å²) in [5, 5.41) is 25.6. The molecule has 3 aromatic rings.